The van der Waals surface area contributed by atoms with Crippen molar-refractivity contribution in [2.75, 3.05) is 6.61 Å². The summed E-state index contributed by atoms with van der Waals surface area (Å²) in [5.74, 6) is 5.15. The van der Waals surface area contributed by atoms with Gasteiger partial charge in [-0.3, -0.25) is 11.3 Å². The van der Waals surface area contributed by atoms with Gasteiger partial charge in [-0.15, -0.1) is 0 Å². The Morgan fingerprint density at radius 2 is 2.17 bits per heavy atom. The number of nitrogens with one attached hydrogen (secondary N) is 1. The molecule has 1 aromatic carbocycles. The lowest BCUT2D eigenvalue weighted by atomic mass is 9.99. The van der Waals surface area contributed by atoms with Crippen molar-refractivity contribution in [2.24, 2.45) is 5.84 Å². The Kier molecular flexibility index (Phi) is 6.57. The molecule has 2 atom stereocenters. The molecule has 0 amide bonds. The minimum absolute atomic E-state index is 0.0432. The second kappa shape index (κ2) is 7.69. The number of hydrogen-bond acceptors (Lipinski definition) is 3. The van der Waals surface area contributed by atoms with Crippen LogP contribution >= 0.6 is 11.6 Å². The molecular weight excluding hydrogens is 255 g/mol. The Morgan fingerprint density at radius 3 is 2.72 bits per heavy atom. The van der Waals surface area contributed by atoms with Gasteiger partial charge in [0.25, 0.3) is 0 Å². The van der Waals surface area contributed by atoms with Gasteiger partial charge in [-0.1, -0.05) is 30.7 Å². The standard InChI is InChI=1S/C13H20ClFN2O/c1-3-12(18-4-2)11(17-16)8-9-6-5-7-10(14)13(9)15/h5-7,11-12,17H,3-4,8,16H2,1-2H3. The predicted octanol–water partition coefficient (Wildman–Crippen LogP) is 2.67. The van der Waals surface area contributed by atoms with Gasteiger partial charge in [-0.2, -0.15) is 0 Å². The van der Waals surface area contributed by atoms with Crippen LogP contribution < -0.4 is 11.3 Å². The highest BCUT2D eigenvalue weighted by Crippen LogP contribution is 2.20. The fourth-order valence-corrected chi connectivity index (χ4v) is 2.17. The van der Waals surface area contributed by atoms with E-state index in [2.05, 4.69) is 5.43 Å². The van der Waals surface area contributed by atoms with Crippen LogP contribution in [0, 0.1) is 5.82 Å². The van der Waals surface area contributed by atoms with Crippen LogP contribution in [0.5, 0.6) is 0 Å². The molecular formula is C13H20ClFN2O. The van der Waals surface area contributed by atoms with Gasteiger partial charge in [0.1, 0.15) is 5.82 Å². The van der Waals surface area contributed by atoms with Gasteiger partial charge in [0, 0.05) is 6.61 Å². The van der Waals surface area contributed by atoms with Crippen LogP contribution in [0.2, 0.25) is 5.02 Å². The third kappa shape index (κ3) is 3.92. The zero-order valence-corrected chi connectivity index (χ0v) is 11.5. The lowest BCUT2D eigenvalue weighted by Gasteiger charge is -2.25. The SMILES string of the molecule is CCOC(CC)C(Cc1cccc(Cl)c1F)NN. The van der Waals surface area contributed by atoms with Crippen molar-refractivity contribution in [2.45, 2.75) is 38.8 Å². The third-order valence-corrected chi connectivity index (χ3v) is 3.21. The van der Waals surface area contributed by atoms with Crippen molar-refractivity contribution in [3.05, 3.63) is 34.6 Å². The van der Waals surface area contributed by atoms with Crippen LogP contribution in [0.1, 0.15) is 25.8 Å². The first-order chi connectivity index (χ1) is 8.63. The molecule has 0 aliphatic heterocycles. The number of ether oxygens (including phenoxy) is 1. The topological polar surface area (TPSA) is 47.3 Å². The van der Waals surface area contributed by atoms with E-state index in [0.29, 0.717) is 18.6 Å². The Bertz CT molecular complexity index is 376. The number of hydrazine groups is 1. The molecule has 0 saturated heterocycles. The molecule has 0 aliphatic carbocycles. The van der Waals surface area contributed by atoms with Crippen LogP contribution in [-0.2, 0) is 11.2 Å². The number of hydrogen-bond donors (Lipinski definition) is 2. The average Bonchev–Trinajstić information content (AvgIpc) is 2.38. The molecule has 0 spiro atoms. The van der Waals surface area contributed by atoms with E-state index in [-0.39, 0.29) is 23.0 Å². The van der Waals surface area contributed by atoms with Crippen molar-refractivity contribution in [3.63, 3.8) is 0 Å². The highest BCUT2D eigenvalue weighted by Gasteiger charge is 2.21. The van der Waals surface area contributed by atoms with Gasteiger partial charge in [0.05, 0.1) is 17.2 Å². The molecule has 0 bridgehead atoms. The fraction of sp³-hybridized carbons (Fsp3) is 0.538. The zero-order valence-electron chi connectivity index (χ0n) is 10.7. The molecule has 0 radical (unpaired) electrons. The van der Waals surface area contributed by atoms with E-state index in [1.54, 1.807) is 12.1 Å². The molecule has 3 N–H and O–H groups in total. The summed E-state index contributed by atoms with van der Waals surface area (Å²) in [4.78, 5) is 0. The van der Waals surface area contributed by atoms with E-state index in [1.807, 2.05) is 13.8 Å². The maximum atomic E-state index is 13.8. The summed E-state index contributed by atoms with van der Waals surface area (Å²) in [6.07, 6.45) is 1.21. The number of benzene rings is 1. The minimum Gasteiger partial charge on any atom is -0.377 e. The highest BCUT2D eigenvalue weighted by molar-refractivity contribution is 6.30. The van der Waals surface area contributed by atoms with Gasteiger partial charge < -0.3 is 4.74 Å². The quantitative estimate of drug-likeness (QED) is 0.594. The first kappa shape index (κ1) is 15.4. The molecule has 0 aromatic heterocycles. The zero-order chi connectivity index (χ0) is 13.5. The smallest absolute Gasteiger partial charge is 0.145 e. The number of rotatable bonds is 7. The van der Waals surface area contributed by atoms with Gasteiger partial charge in [0.2, 0.25) is 0 Å². The largest absolute Gasteiger partial charge is 0.377 e. The van der Waals surface area contributed by atoms with Crippen molar-refractivity contribution < 1.29 is 9.13 Å². The molecule has 2 unspecified atom stereocenters. The predicted molar refractivity (Wildman–Crippen MR) is 71.9 cm³/mol. The van der Waals surface area contributed by atoms with E-state index >= 15 is 0 Å². The summed E-state index contributed by atoms with van der Waals surface area (Å²) in [5.41, 5.74) is 3.24. The monoisotopic (exact) mass is 274 g/mol. The van der Waals surface area contributed by atoms with Crippen molar-refractivity contribution in [1.29, 1.82) is 0 Å². The Hall–Kier alpha value is -0.680. The molecule has 0 aliphatic rings. The molecule has 0 fully saturated rings. The van der Waals surface area contributed by atoms with Crippen LogP contribution in [0.25, 0.3) is 0 Å². The molecule has 5 heteroatoms. The molecule has 1 aromatic rings. The number of halogens is 2. The lowest BCUT2D eigenvalue weighted by Crippen LogP contribution is -2.46. The molecule has 0 heterocycles. The summed E-state index contributed by atoms with van der Waals surface area (Å²) < 4.78 is 19.4. The van der Waals surface area contributed by atoms with Crippen molar-refractivity contribution in [1.82, 2.24) is 5.43 Å². The van der Waals surface area contributed by atoms with Crippen LogP contribution in [0.3, 0.4) is 0 Å². The lowest BCUT2D eigenvalue weighted by molar-refractivity contribution is 0.0317. The third-order valence-electron chi connectivity index (χ3n) is 2.92. The second-order valence-corrected chi connectivity index (χ2v) is 4.50. The Morgan fingerprint density at radius 1 is 1.44 bits per heavy atom. The summed E-state index contributed by atoms with van der Waals surface area (Å²) in [6.45, 7) is 4.55. The van der Waals surface area contributed by atoms with Crippen LogP contribution in [0.4, 0.5) is 4.39 Å². The molecule has 18 heavy (non-hydrogen) atoms. The summed E-state index contributed by atoms with van der Waals surface area (Å²) >= 11 is 5.76. The van der Waals surface area contributed by atoms with Crippen molar-refractivity contribution in [3.8, 4) is 0 Å². The van der Waals surface area contributed by atoms with E-state index in [4.69, 9.17) is 22.2 Å². The minimum atomic E-state index is -0.384. The van der Waals surface area contributed by atoms with Gasteiger partial charge in [-0.25, -0.2) is 4.39 Å². The maximum absolute atomic E-state index is 13.8. The fourth-order valence-electron chi connectivity index (χ4n) is 1.97. The number of nitrogens with two attached hydrogens (primary N) is 1. The van der Waals surface area contributed by atoms with E-state index < -0.39 is 0 Å². The normalized spacial score (nSPS) is 14.5. The van der Waals surface area contributed by atoms with Gasteiger partial charge in [-0.05, 0) is 31.4 Å². The molecule has 1 rings (SSSR count). The highest BCUT2D eigenvalue weighted by atomic mass is 35.5. The maximum Gasteiger partial charge on any atom is 0.145 e. The molecule has 102 valence electrons. The summed E-state index contributed by atoms with van der Waals surface area (Å²) in [7, 11) is 0. The van der Waals surface area contributed by atoms with Gasteiger partial charge >= 0.3 is 0 Å². The van der Waals surface area contributed by atoms with E-state index in [0.717, 1.165) is 6.42 Å². The molecule has 3 nitrogen and oxygen atoms in total. The summed E-state index contributed by atoms with van der Waals surface area (Å²) in [6, 6.07) is 4.84. The molecule has 0 saturated carbocycles. The van der Waals surface area contributed by atoms with E-state index in [9.17, 15) is 4.39 Å². The summed E-state index contributed by atoms with van der Waals surface area (Å²) in [5, 5.41) is 0.132. The average molecular weight is 275 g/mol. The second-order valence-electron chi connectivity index (χ2n) is 4.09. The van der Waals surface area contributed by atoms with Crippen LogP contribution in [0.15, 0.2) is 18.2 Å². The Labute approximate surface area is 112 Å². The first-order valence-electron chi connectivity index (χ1n) is 6.14. The Balaban J connectivity index is 2.81. The van der Waals surface area contributed by atoms with E-state index in [1.165, 1.54) is 6.07 Å². The first-order valence-corrected chi connectivity index (χ1v) is 6.52. The van der Waals surface area contributed by atoms with Crippen LogP contribution in [-0.4, -0.2) is 18.8 Å². The van der Waals surface area contributed by atoms with Crippen molar-refractivity contribution >= 4 is 11.6 Å². The van der Waals surface area contributed by atoms with Gasteiger partial charge in [0.15, 0.2) is 0 Å².